The van der Waals surface area contributed by atoms with Gasteiger partial charge in [0.2, 0.25) is 0 Å². The summed E-state index contributed by atoms with van der Waals surface area (Å²) in [7, 11) is 1.72. The minimum absolute atomic E-state index is 0.437. The molecule has 0 fully saturated rings. The van der Waals surface area contributed by atoms with Crippen molar-refractivity contribution in [2.75, 3.05) is 7.11 Å². The summed E-state index contributed by atoms with van der Waals surface area (Å²) in [6.45, 7) is 6.43. The summed E-state index contributed by atoms with van der Waals surface area (Å²) in [4.78, 5) is 0. The fourth-order valence-electron chi connectivity index (χ4n) is 2.02. The maximum absolute atomic E-state index is 5.43. The van der Waals surface area contributed by atoms with Crippen molar-refractivity contribution in [3.05, 3.63) is 35.5 Å². The van der Waals surface area contributed by atoms with Crippen LogP contribution in [-0.4, -0.2) is 17.3 Å². The highest BCUT2D eigenvalue weighted by molar-refractivity contribution is 5.66. The molecule has 0 saturated carbocycles. The standard InChI is InChI=1S/C14H18N2O/c1-9(2)11-8-12(13-5-6-15-16-13)10(3)7-14(11)17-4/h5-9H,1-4H3,(H,15,16). The van der Waals surface area contributed by atoms with Gasteiger partial charge < -0.3 is 4.74 Å². The Labute approximate surface area is 102 Å². The number of ether oxygens (including phenoxy) is 1. The topological polar surface area (TPSA) is 37.9 Å². The van der Waals surface area contributed by atoms with Crippen molar-refractivity contribution in [2.24, 2.45) is 0 Å². The smallest absolute Gasteiger partial charge is 0.122 e. The zero-order valence-electron chi connectivity index (χ0n) is 10.7. The molecule has 17 heavy (non-hydrogen) atoms. The fourth-order valence-corrected chi connectivity index (χ4v) is 2.02. The summed E-state index contributed by atoms with van der Waals surface area (Å²) >= 11 is 0. The molecular weight excluding hydrogens is 212 g/mol. The molecule has 0 aliphatic rings. The number of benzene rings is 1. The number of nitrogens with one attached hydrogen (secondary N) is 1. The van der Waals surface area contributed by atoms with Crippen LogP contribution in [0.5, 0.6) is 5.75 Å². The number of H-pyrrole nitrogens is 1. The molecule has 0 aliphatic carbocycles. The summed E-state index contributed by atoms with van der Waals surface area (Å²) in [6.07, 6.45) is 1.77. The van der Waals surface area contributed by atoms with Crippen LogP contribution < -0.4 is 4.74 Å². The van der Waals surface area contributed by atoms with E-state index in [1.165, 1.54) is 16.7 Å². The van der Waals surface area contributed by atoms with E-state index >= 15 is 0 Å². The molecule has 1 heterocycles. The monoisotopic (exact) mass is 230 g/mol. The average molecular weight is 230 g/mol. The highest BCUT2D eigenvalue weighted by atomic mass is 16.5. The molecule has 0 bridgehead atoms. The van der Waals surface area contributed by atoms with E-state index in [0.29, 0.717) is 5.92 Å². The van der Waals surface area contributed by atoms with E-state index in [4.69, 9.17) is 4.74 Å². The number of aryl methyl sites for hydroxylation is 1. The van der Waals surface area contributed by atoms with Gasteiger partial charge in [-0.1, -0.05) is 13.8 Å². The van der Waals surface area contributed by atoms with Crippen LogP contribution in [0.3, 0.4) is 0 Å². The van der Waals surface area contributed by atoms with Crippen LogP contribution in [0.1, 0.15) is 30.9 Å². The second kappa shape index (κ2) is 4.62. The first-order valence-electron chi connectivity index (χ1n) is 5.81. The van der Waals surface area contributed by atoms with Gasteiger partial charge in [0.05, 0.1) is 12.8 Å². The predicted molar refractivity (Wildman–Crippen MR) is 69.4 cm³/mol. The Balaban J connectivity index is 2.58. The lowest BCUT2D eigenvalue weighted by Gasteiger charge is -2.15. The van der Waals surface area contributed by atoms with Crippen molar-refractivity contribution in [3.63, 3.8) is 0 Å². The zero-order valence-corrected chi connectivity index (χ0v) is 10.7. The Bertz CT molecular complexity index is 501. The lowest BCUT2D eigenvalue weighted by Crippen LogP contribution is -1.97. The first-order valence-corrected chi connectivity index (χ1v) is 5.81. The van der Waals surface area contributed by atoms with Crippen molar-refractivity contribution in [1.29, 1.82) is 0 Å². The molecule has 0 spiro atoms. The third-order valence-electron chi connectivity index (χ3n) is 2.99. The zero-order chi connectivity index (χ0) is 12.4. The summed E-state index contributed by atoms with van der Waals surface area (Å²) in [5.41, 5.74) is 4.65. The molecule has 0 radical (unpaired) electrons. The van der Waals surface area contributed by atoms with Gasteiger partial charge in [0, 0.05) is 11.8 Å². The number of hydrogen-bond acceptors (Lipinski definition) is 2. The predicted octanol–water partition coefficient (Wildman–Crippen LogP) is 3.52. The first kappa shape index (κ1) is 11.7. The molecule has 1 N–H and O–H groups in total. The molecule has 0 saturated heterocycles. The van der Waals surface area contributed by atoms with Crippen LogP contribution in [-0.2, 0) is 0 Å². The van der Waals surface area contributed by atoms with Gasteiger partial charge >= 0.3 is 0 Å². The van der Waals surface area contributed by atoms with Gasteiger partial charge in [0.1, 0.15) is 5.75 Å². The average Bonchev–Trinajstić information content (AvgIpc) is 2.81. The van der Waals surface area contributed by atoms with Gasteiger partial charge in [0.15, 0.2) is 0 Å². The van der Waals surface area contributed by atoms with E-state index in [0.717, 1.165) is 11.4 Å². The molecule has 3 heteroatoms. The second-order valence-corrected chi connectivity index (χ2v) is 4.53. The quantitative estimate of drug-likeness (QED) is 0.876. The van der Waals surface area contributed by atoms with E-state index in [9.17, 15) is 0 Å². The normalized spacial score (nSPS) is 10.9. The summed E-state index contributed by atoms with van der Waals surface area (Å²) in [6, 6.07) is 6.26. The number of nitrogens with zero attached hydrogens (tertiary/aromatic N) is 1. The van der Waals surface area contributed by atoms with Crippen LogP contribution >= 0.6 is 0 Å². The van der Waals surface area contributed by atoms with Gasteiger partial charge in [-0.3, -0.25) is 5.10 Å². The Kier molecular flexibility index (Phi) is 3.18. The summed E-state index contributed by atoms with van der Waals surface area (Å²) in [5, 5.41) is 7.01. The van der Waals surface area contributed by atoms with Gasteiger partial charge in [-0.05, 0) is 42.2 Å². The minimum Gasteiger partial charge on any atom is -0.496 e. The van der Waals surface area contributed by atoms with Crippen LogP contribution in [0.15, 0.2) is 24.4 Å². The molecule has 0 amide bonds. The maximum Gasteiger partial charge on any atom is 0.122 e. The lowest BCUT2D eigenvalue weighted by molar-refractivity contribution is 0.407. The first-order chi connectivity index (χ1) is 8.13. The van der Waals surface area contributed by atoms with Crippen LogP contribution in [0.4, 0.5) is 0 Å². The Morgan fingerprint density at radius 3 is 2.59 bits per heavy atom. The summed E-state index contributed by atoms with van der Waals surface area (Å²) < 4.78 is 5.43. The van der Waals surface area contributed by atoms with Crippen molar-refractivity contribution in [3.8, 4) is 17.0 Å². The molecule has 1 aromatic carbocycles. The molecule has 0 unspecified atom stereocenters. The van der Waals surface area contributed by atoms with Gasteiger partial charge in [0.25, 0.3) is 0 Å². The van der Waals surface area contributed by atoms with E-state index < -0.39 is 0 Å². The highest BCUT2D eigenvalue weighted by Crippen LogP contribution is 2.33. The van der Waals surface area contributed by atoms with E-state index in [1.54, 1.807) is 13.3 Å². The molecule has 0 aliphatic heterocycles. The number of aromatic amines is 1. The van der Waals surface area contributed by atoms with Gasteiger partial charge in [-0.2, -0.15) is 5.10 Å². The number of methoxy groups -OCH3 is 1. The van der Waals surface area contributed by atoms with Crippen molar-refractivity contribution in [2.45, 2.75) is 26.7 Å². The van der Waals surface area contributed by atoms with Crippen LogP contribution in [0.25, 0.3) is 11.3 Å². The number of aromatic nitrogens is 2. The van der Waals surface area contributed by atoms with Crippen molar-refractivity contribution >= 4 is 0 Å². The molecule has 0 atom stereocenters. The van der Waals surface area contributed by atoms with E-state index in [2.05, 4.69) is 43.1 Å². The Hall–Kier alpha value is -1.77. The fraction of sp³-hybridized carbons (Fsp3) is 0.357. The SMILES string of the molecule is COc1cc(C)c(-c2ccn[nH]2)cc1C(C)C. The molecule has 2 aromatic rings. The number of hydrogen-bond donors (Lipinski definition) is 1. The highest BCUT2D eigenvalue weighted by Gasteiger charge is 2.12. The molecule has 2 rings (SSSR count). The molecule has 1 aromatic heterocycles. The van der Waals surface area contributed by atoms with Gasteiger partial charge in [-0.25, -0.2) is 0 Å². The van der Waals surface area contributed by atoms with Crippen LogP contribution in [0, 0.1) is 6.92 Å². The lowest BCUT2D eigenvalue weighted by atomic mass is 9.95. The van der Waals surface area contributed by atoms with E-state index in [-0.39, 0.29) is 0 Å². The second-order valence-electron chi connectivity index (χ2n) is 4.53. The largest absolute Gasteiger partial charge is 0.496 e. The third kappa shape index (κ3) is 2.18. The van der Waals surface area contributed by atoms with Crippen molar-refractivity contribution in [1.82, 2.24) is 10.2 Å². The maximum atomic E-state index is 5.43. The molecule has 90 valence electrons. The third-order valence-corrected chi connectivity index (χ3v) is 2.99. The summed E-state index contributed by atoms with van der Waals surface area (Å²) in [5.74, 6) is 1.40. The molecule has 3 nitrogen and oxygen atoms in total. The van der Waals surface area contributed by atoms with Crippen LogP contribution in [0.2, 0.25) is 0 Å². The Morgan fingerprint density at radius 1 is 1.29 bits per heavy atom. The van der Waals surface area contributed by atoms with E-state index in [1.807, 2.05) is 6.07 Å². The molecular formula is C14H18N2O. The van der Waals surface area contributed by atoms with Crippen molar-refractivity contribution < 1.29 is 4.74 Å². The van der Waals surface area contributed by atoms with Gasteiger partial charge in [-0.15, -0.1) is 0 Å². The Morgan fingerprint density at radius 2 is 2.06 bits per heavy atom. The minimum atomic E-state index is 0.437. The number of rotatable bonds is 3.